The van der Waals surface area contributed by atoms with Crippen molar-refractivity contribution in [3.05, 3.63) is 58.7 Å². The summed E-state index contributed by atoms with van der Waals surface area (Å²) in [5, 5.41) is 1.82. The van der Waals surface area contributed by atoms with Crippen LogP contribution in [0.4, 0.5) is 0 Å². The van der Waals surface area contributed by atoms with Crippen molar-refractivity contribution in [1.82, 2.24) is 5.06 Å². The molecule has 0 radical (unpaired) electrons. The molecule has 0 amide bonds. The number of hydroxylamine groups is 2. The number of ether oxygens (including phenoxy) is 1. The highest BCUT2D eigenvalue weighted by Crippen LogP contribution is 2.35. The Morgan fingerprint density at radius 3 is 3.00 bits per heavy atom. The van der Waals surface area contributed by atoms with Gasteiger partial charge in [0.2, 0.25) is 0 Å². The predicted octanol–water partition coefficient (Wildman–Crippen LogP) is 3.50. The van der Waals surface area contributed by atoms with Gasteiger partial charge in [-0.3, -0.25) is 0 Å². The number of hydrogen-bond donors (Lipinski definition) is 0. The highest BCUT2D eigenvalue weighted by Gasteiger charge is 2.26. The Labute approximate surface area is 114 Å². The summed E-state index contributed by atoms with van der Waals surface area (Å²) >= 11 is 3.47. The number of benzene rings is 1. The number of nitrogens with zero attached hydrogens (tertiary/aromatic N) is 1. The van der Waals surface area contributed by atoms with E-state index in [4.69, 9.17) is 9.57 Å². The fourth-order valence-electron chi connectivity index (χ4n) is 2.03. The average molecular weight is 306 g/mol. The van der Waals surface area contributed by atoms with Crippen LogP contribution in [0.5, 0.6) is 5.75 Å². The first-order chi connectivity index (χ1) is 8.78. The fourth-order valence-corrected chi connectivity index (χ4v) is 2.39. The zero-order valence-electron chi connectivity index (χ0n) is 9.84. The molecule has 0 saturated carbocycles. The first-order valence-corrected chi connectivity index (χ1v) is 6.44. The molecule has 3 rings (SSSR count). The summed E-state index contributed by atoms with van der Waals surface area (Å²) in [6.45, 7) is 0. The first-order valence-electron chi connectivity index (χ1n) is 5.65. The predicted molar refractivity (Wildman–Crippen MR) is 73.7 cm³/mol. The maximum atomic E-state index is 5.80. The van der Waals surface area contributed by atoms with Crippen LogP contribution < -0.4 is 4.74 Å². The number of fused-ring (bicyclic) bond motifs is 1. The van der Waals surface area contributed by atoms with Crippen molar-refractivity contribution in [1.29, 1.82) is 0 Å². The van der Waals surface area contributed by atoms with Gasteiger partial charge in [-0.2, -0.15) is 0 Å². The summed E-state index contributed by atoms with van der Waals surface area (Å²) in [6.07, 6.45) is 10.0. The standard InChI is InChI=1S/C14H12BrNO2/c1-17-13-6-5-10(15)8-12(13)14-9-11-4-2-3-7-16(11)18-14/h2-9,11H,1H3. The number of allylic oxidation sites excluding steroid dienone is 2. The molecular weight excluding hydrogens is 294 g/mol. The number of rotatable bonds is 2. The molecule has 1 atom stereocenters. The Bertz CT molecular complexity index is 563. The maximum absolute atomic E-state index is 5.80. The van der Waals surface area contributed by atoms with Crippen LogP contribution >= 0.6 is 15.9 Å². The lowest BCUT2D eigenvalue weighted by molar-refractivity contribution is -0.0307. The Kier molecular flexibility index (Phi) is 2.88. The second kappa shape index (κ2) is 4.53. The van der Waals surface area contributed by atoms with Gasteiger partial charge in [0.05, 0.1) is 12.7 Å². The normalized spacial score (nSPS) is 20.4. The van der Waals surface area contributed by atoms with Crippen LogP contribution in [0.3, 0.4) is 0 Å². The maximum Gasteiger partial charge on any atom is 0.164 e. The summed E-state index contributed by atoms with van der Waals surface area (Å²) in [7, 11) is 1.66. The lowest BCUT2D eigenvalue weighted by atomic mass is 10.1. The highest BCUT2D eigenvalue weighted by molar-refractivity contribution is 9.10. The molecule has 2 heterocycles. The van der Waals surface area contributed by atoms with E-state index in [1.165, 1.54) is 0 Å². The molecule has 0 aromatic heterocycles. The molecule has 0 fully saturated rings. The second-order valence-corrected chi connectivity index (χ2v) is 4.96. The molecule has 2 aliphatic rings. The van der Waals surface area contributed by atoms with Gasteiger partial charge in [0.25, 0.3) is 0 Å². The van der Waals surface area contributed by atoms with Gasteiger partial charge >= 0.3 is 0 Å². The Hall–Kier alpha value is -1.68. The lowest BCUT2D eigenvalue weighted by Gasteiger charge is -2.21. The summed E-state index contributed by atoms with van der Waals surface area (Å²) in [5.74, 6) is 1.62. The van der Waals surface area contributed by atoms with E-state index in [9.17, 15) is 0 Å². The van der Waals surface area contributed by atoms with E-state index in [0.29, 0.717) is 0 Å². The molecule has 3 nitrogen and oxygen atoms in total. The van der Waals surface area contributed by atoms with Gasteiger partial charge in [0, 0.05) is 10.7 Å². The molecule has 1 unspecified atom stereocenters. The van der Waals surface area contributed by atoms with Gasteiger partial charge in [0.15, 0.2) is 5.76 Å². The molecule has 0 aliphatic carbocycles. The fraction of sp³-hybridized carbons (Fsp3) is 0.143. The zero-order valence-corrected chi connectivity index (χ0v) is 11.4. The Morgan fingerprint density at radius 2 is 2.22 bits per heavy atom. The summed E-state index contributed by atoms with van der Waals surface area (Å²) in [6, 6.07) is 6.03. The number of methoxy groups -OCH3 is 1. The van der Waals surface area contributed by atoms with E-state index >= 15 is 0 Å². The van der Waals surface area contributed by atoms with Crippen LogP contribution in [0.25, 0.3) is 5.76 Å². The van der Waals surface area contributed by atoms with Crippen LogP contribution in [0, 0.1) is 0 Å². The van der Waals surface area contributed by atoms with E-state index < -0.39 is 0 Å². The lowest BCUT2D eigenvalue weighted by Crippen LogP contribution is -2.22. The molecular formula is C14H12BrNO2. The third-order valence-corrected chi connectivity index (χ3v) is 3.39. The monoisotopic (exact) mass is 305 g/mol. The topological polar surface area (TPSA) is 21.7 Å². The minimum absolute atomic E-state index is 0.161. The molecule has 92 valence electrons. The van der Waals surface area contributed by atoms with Crippen molar-refractivity contribution in [3.8, 4) is 5.75 Å². The summed E-state index contributed by atoms with van der Waals surface area (Å²) in [5.41, 5.74) is 0.947. The van der Waals surface area contributed by atoms with Crippen molar-refractivity contribution < 1.29 is 9.57 Å². The van der Waals surface area contributed by atoms with Crippen LogP contribution in [0.15, 0.2) is 53.2 Å². The third kappa shape index (κ3) is 1.93. The smallest absolute Gasteiger partial charge is 0.164 e. The van der Waals surface area contributed by atoms with Gasteiger partial charge in [-0.15, -0.1) is 0 Å². The minimum Gasteiger partial charge on any atom is -0.496 e. The molecule has 0 N–H and O–H groups in total. The zero-order chi connectivity index (χ0) is 12.5. The minimum atomic E-state index is 0.161. The number of hydrogen-bond acceptors (Lipinski definition) is 3. The van der Waals surface area contributed by atoms with Gasteiger partial charge < -0.3 is 9.57 Å². The quantitative estimate of drug-likeness (QED) is 0.835. The second-order valence-electron chi connectivity index (χ2n) is 4.04. The average Bonchev–Trinajstić information content (AvgIpc) is 2.82. The molecule has 0 spiro atoms. The van der Waals surface area contributed by atoms with Gasteiger partial charge in [-0.05, 0) is 30.4 Å². The van der Waals surface area contributed by atoms with Crippen LogP contribution in [0.2, 0.25) is 0 Å². The van der Waals surface area contributed by atoms with E-state index in [2.05, 4.69) is 28.1 Å². The van der Waals surface area contributed by atoms with E-state index in [1.807, 2.05) is 41.6 Å². The summed E-state index contributed by atoms with van der Waals surface area (Å²) in [4.78, 5) is 5.80. The van der Waals surface area contributed by atoms with E-state index in [1.54, 1.807) is 7.11 Å². The Morgan fingerprint density at radius 1 is 1.33 bits per heavy atom. The van der Waals surface area contributed by atoms with Crippen molar-refractivity contribution in [2.75, 3.05) is 7.11 Å². The molecule has 18 heavy (non-hydrogen) atoms. The van der Waals surface area contributed by atoms with Crippen molar-refractivity contribution in [2.24, 2.45) is 0 Å². The molecule has 4 heteroatoms. The van der Waals surface area contributed by atoms with Gasteiger partial charge in [-0.25, -0.2) is 5.06 Å². The van der Waals surface area contributed by atoms with E-state index in [0.717, 1.165) is 21.5 Å². The molecule has 1 aromatic rings. The van der Waals surface area contributed by atoms with Crippen LogP contribution in [-0.4, -0.2) is 18.2 Å². The highest BCUT2D eigenvalue weighted by atomic mass is 79.9. The number of halogens is 1. The SMILES string of the molecule is COc1ccc(Br)cc1C1=CC2C=CC=CN2O1. The van der Waals surface area contributed by atoms with Crippen molar-refractivity contribution in [2.45, 2.75) is 6.04 Å². The van der Waals surface area contributed by atoms with Crippen LogP contribution in [0.1, 0.15) is 5.56 Å². The first kappa shape index (κ1) is 11.4. The van der Waals surface area contributed by atoms with Crippen molar-refractivity contribution in [3.63, 3.8) is 0 Å². The van der Waals surface area contributed by atoms with E-state index in [-0.39, 0.29) is 6.04 Å². The van der Waals surface area contributed by atoms with Crippen LogP contribution in [-0.2, 0) is 4.84 Å². The summed E-state index contributed by atoms with van der Waals surface area (Å²) < 4.78 is 6.37. The molecule has 0 bridgehead atoms. The molecule has 0 saturated heterocycles. The van der Waals surface area contributed by atoms with Gasteiger partial charge in [-0.1, -0.05) is 28.1 Å². The van der Waals surface area contributed by atoms with Crippen molar-refractivity contribution >= 4 is 21.7 Å². The third-order valence-electron chi connectivity index (χ3n) is 2.90. The largest absolute Gasteiger partial charge is 0.496 e. The van der Waals surface area contributed by atoms with Gasteiger partial charge in [0.1, 0.15) is 11.8 Å². The molecule has 1 aromatic carbocycles. The Balaban J connectivity index is 1.99. The molecule has 2 aliphatic heterocycles.